The Morgan fingerprint density at radius 2 is 1.29 bits per heavy atom. The van der Waals surface area contributed by atoms with Crippen molar-refractivity contribution in [3.05, 3.63) is 12.2 Å². The van der Waals surface area contributed by atoms with Gasteiger partial charge < -0.3 is 19.3 Å². The van der Waals surface area contributed by atoms with Gasteiger partial charge in [-0.2, -0.15) is 0 Å². The van der Waals surface area contributed by atoms with Crippen molar-refractivity contribution in [2.75, 3.05) is 13.2 Å². The summed E-state index contributed by atoms with van der Waals surface area (Å²) in [6, 6.07) is 0. The van der Waals surface area contributed by atoms with Crippen LogP contribution in [0.1, 0.15) is 128 Å². The SMILES string of the molecule is C=C(C)C(=O)OC(C)(CC)CCOC(C)(C)CC(C)(C)CCC(C)(CC)OCCC(C)(O)CC. The molecule has 0 radical (unpaired) electrons. The van der Waals surface area contributed by atoms with E-state index in [9.17, 15) is 9.90 Å². The zero-order chi connectivity index (χ0) is 26.8. The minimum atomic E-state index is -0.661. The summed E-state index contributed by atoms with van der Waals surface area (Å²) >= 11 is 0. The molecule has 0 amide bonds. The molecule has 0 rings (SSSR count). The topological polar surface area (TPSA) is 65.0 Å². The van der Waals surface area contributed by atoms with Crippen LogP contribution >= 0.6 is 0 Å². The first-order valence-electron chi connectivity index (χ1n) is 13.2. The minimum Gasteiger partial charge on any atom is -0.456 e. The molecule has 5 heteroatoms. The molecular formula is C29H56O5. The molecule has 202 valence electrons. The highest BCUT2D eigenvalue weighted by molar-refractivity contribution is 5.87. The van der Waals surface area contributed by atoms with Crippen molar-refractivity contribution < 1.29 is 24.1 Å². The fourth-order valence-corrected chi connectivity index (χ4v) is 4.09. The maximum Gasteiger partial charge on any atom is 0.333 e. The highest BCUT2D eigenvalue weighted by atomic mass is 16.6. The molecule has 0 aliphatic heterocycles. The Bertz CT molecular complexity index is 636. The number of esters is 1. The Morgan fingerprint density at radius 3 is 1.76 bits per heavy atom. The van der Waals surface area contributed by atoms with Crippen molar-refractivity contribution in [2.24, 2.45) is 5.41 Å². The quantitative estimate of drug-likeness (QED) is 0.162. The van der Waals surface area contributed by atoms with Gasteiger partial charge in [0.2, 0.25) is 0 Å². The van der Waals surface area contributed by atoms with Crippen LogP contribution in [0, 0.1) is 5.41 Å². The summed E-state index contributed by atoms with van der Waals surface area (Å²) in [7, 11) is 0. The molecule has 0 bridgehead atoms. The molecule has 0 fully saturated rings. The zero-order valence-electron chi connectivity index (χ0n) is 24.4. The normalized spacial score (nSPS) is 18.0. The number of hydrogen-bond donors (Lipinski definition) is 1. The summed E-state index contributed by atoms with van der Waals surface area (Å²) in [5.74, 6) is -0.343. The zero-order valence-corrected chi connectivity index (χ0v) is 24.4. The second-order valence-electron chi connectivity index (χ2n) is 12.4. The first-order valence-corrected chi connectivity index (χ1v) is 13.2. The Hall–Kier alpha value is -0.910. The van der Waals surface area contributed by atoms with Crippen molar-refractivity contribution >= 4 is 5.97 Å². The van der Waals surface area contributed by atoms with E-state index >= 15 is 0 Å². The van der Waals surface area contributed by atoms with Crippen LogP contribution in [0.3, 0.4) is 0 Å². The van der Waals surface area contributed by atoms with Gasteiger partial charge in [-0.1, -0.05) is 41.2 Å². The smallest absolute Gasteiger partial charge is 0.333 e. The molecule has 5 nitrogen and oxygen atoms in total. The summed E-state index contributed by atoms with van der Waals surface area (Å²) < 4.78 is 18.2. The molecular weight excluding hydrogens is 428 g/mol. The van der Waals surface area contributed by atoms with E-state index < -0.39 is 11.2 Å². The highest BCUT2D eigenvalue weighted by Gasteiger charge is 2.34. The lowest BCUT2D eigenvalue weighted by Gasteiger charge is -2.39. The molecule has 0 aliphatic rings. The maximum atomic E-state index is 12.0. The summed E-state index contributed by atoms with van der Waals surface area (Å²) in [5.41, 5.74) is -1.20. The fourth-order valence-electron chi connectivity index (χ4n) is 4.09. The lowest BCUT2D eigenvalue weighted by molar-refractivity contribution is -0.157. The number of rotatable bonds is 18. The Balaban J connectivity index is 4.79. The standard InChI is InChI=1S/C29H56O5/c1-13-27(10,31)18-20-33-28(11,14-2)17-16-25(6,7)22-26(8,9)32-21-19-29(12,15-3)34-24(30)23(4)5/h31H,4,13-22H2,1-3,5-12H3. The van der Waals surface area contributed by atoms with E-state index in [1.807, 2.05) is 27.7 Å². The van der Waals surface area contributed by atoms with Crippen molar-refractivity contribution in [3.63, 3.8) is 0 Å². The van der Waals surface area contributed by atoms with Gasteiger partial charge in [0, 0.05) is 12.0 Å². The predicted molar refractivity (Wildman–Crippen MR) is 142 cm³/mol. The van der Waals surface area contributed by atoms with Crippen LogP contribution in [0.15, 0.2) is 12.2 Å². The Labute approximate surface area is 211 Å². The molecule has 0 aromatic heterocycles. The number of hydrogen-bond acceptors (Lipinski definition) is 5. The monoisotopic (exact) mass is 484 g/mol. The largest absolute Gasteiger partial charge is 0.456 e. The van der Waals surface area contributed by atoms with Gasteiger partial charge in [-0.15, -0.1) is 0 Å². The molecule has 0 saturated heterocycles. The van der Waals surface area contributed by atoms with Gasteiger partial charge in [-0.25, -0.2) is 4.79 Å². The summed E-state index contributed by atoms with van der Waals surface area (Å²) in [6.45, 7) is 27.5. The van der Waals surface area contributed by atoms with Crippen molar-refractivity contribution in [1.82, 2.24) is 0 Å². The second-order valence-corrected chi connectivity index (χ2v) is 12.4. The van der Waals surface area contributed by atoms with Gasteiger partial charge in [0.1, 0.15) is 5.60 Å². The maximum absolute atomic E-state index is 12.0. The van der Waals surface area contributed by atoms with Crippen LogP contribution in [-0.2, 0) is 19.0 Å². The molecule has 0 aromatic carbocycles. The van der Waals surface area contributed by atoms with Crippen LogP contribution in [0.5, 0.6) is 0 Å². The van der Waals surface area contributed by atoms with E-state index in [4.69, 9.17) is 14.2 Å². The third kappa shape index (κ3) is 13.3. The van der Waals surface area contributed by atoms with Crippen molar-refractivity contribution in [1.29, 1.82) is 0 Å². The number of ether oxygens (including phenoxy) is 3. The third-order valence-electron chi connectivity index (χ3n) is 7.39. The minimum absolute atomic E-state index is 0.0820. The average molecular weight is 485 g/mol. The molecule has 0 aliphatic carbocycles. The van der Waals surface area contributed by atoms with E-state index in [1.165, 1.54) is 0 Å². The highest BCUT2D eigenvalue weighted by Crippen LogP contribution is 2.38. The van der Waals surface area contributed by atoms with Gasteiger partial charge in [0.15, 0.2) is 0 Å². The lowest BCUT2D eigenvalue weighted by atomic mass is 9.76. The third-order valence-corrected chi connectivity index (χ3v) is 7.39. The second kappa shape index (κ2) is 13.4. The van der Waals surface area contributed by atoms with Gasteiger partial charge in [0.05, 0.1) is 30.0 Å². The van der Waals surface area contributed by atoms with Crippen LogP contribution in [0.25, 0.3) is 0 Å². The molecule has 0 saturated carbocycles. The number of carbonyl (C=O) groups is 1. The number of carbonyl (C=O) groups excluding carboxylic acids is 1. The molecule has 0 aromatic rings. The van der Waals surface area contributed by atoms with Crippen LogP contribution in [0.2, 0.25) is 0 Å². The van der Waals surface area contributed by atoms with E-state index in [2.05, 4.69) is 48.1 Å². The van der Waals surface area contributed by atoms with Gasteiger partial charge in [-0.05, 0) is 91.9 Å². The Kier molecular flexibility index (Phi) is 13.1. The lowest BCUT2D eigenvalue weighted by Crippen LogP contribution is -2.37. The van der Waals surface area contributed by atoms with Gasteiger partial charge in [-0.3, -0.25) is 0 Å². The average Bonchev–Trinajstić information content (AvgIpc) is 2.71. The van der Waals surface area contributed by atoms with Crippen LogP contribution in [0.4, 0.5) is 0 Å². The number of aliphatic hydroxyl groups is 1. The first-order chi connectivity index (χ1) is 15.3. The van der Waals surface area contributed by atoms with Gasteiger partial charge in [0.25, 0.3) is 0 Å². The fraction of sp³-hybridized carbons (Fsp3) is 0.897. The molecule has 1 N–H and O–H groups in total. The van der Waals surface area contributed by atoms with E-state index in [1.54, 1.807) is 6.92 Å². The Morgan fingerprint density at radius 1 is 0.765 bits per heavy atom. The molecule has 0 spiro atoms. The molecule has 0 heterocycles. The van der Waals surface area contributed by atoms with E-state index in [0.717, 1.165) is 38.5 Å². The predicted octanol–water partition coefficient (Wildman–Crippen LogP) is 7.39. The van der Waals surface area contributed by atoms with Crippen LogP contribution < -0.4 is 0 Å². The van der Waals surface area contributed by atoms with E-state index in [0.29, 0.717) is 31.6 Å². The molecule has 3 atom stereocenters. The summed E-state index contributed by atoms with van der Waals surface area (Å²) in [6.07, 6.45) is 6.61. The van der Waals surface area contributed by atoms with Crippen molar-refractivity contribution in [2.45, 2.75) is 150 Å². The van der Waals surface area contributed by atoms with Crippen molar-refractivity contribution in [3.8, 4) is 0 Å². The first kappa shape index (κ1) is 33.1. The van der Waals surface area contributed by atoms with Gasteiger partial charge >= 0.3 is 5.97 Å². The molecule has 34 heavy (non-hydrogen) atoms. The van der Waals surface area contributed by atoms with E-state index in [-0.39, 0.29) is 22.6 Å². The summed E-state index contributed by atoms with van der Waals surface area (Å²) in [5, 5.41) is 10.3. The summed E-state index contributed by atoms with van der Waals surface area (Å²) in [4.78, 5) is 12.0. The molecule has 3 unspecified atom stereocenters. The van der Waals surface area contributed by atoms with Crippen LogP contribution in [-0.4, -0.2) is 46.7 Å².